The lowest BCUT2D eigenvalue weighted by molar-refractivity contribution is 0.102. The van der Waals surface area contributed by atoms with Crippen LogP contribution in [-0.4, -0.2) is 5.91 Å². The molecule has 0 saturated heterocycles. The van der Waals surface area contributed by atoms with E-state index in [0.29, 0.717) is 5.56 Å². The normalized spacial score (nSPS) is 9.56. The van der Waals surface area contributed by atoms with Crippen molar-refractivity contribution in [2.45, 2.75) is 0 Å². The van der Waals surface area contributed by atoms with Crippen LogP contribution in [0.1, 0.15) is 15.9 Å². The van der Waals surface area contributed by atoms with Crippen molar-refractivity contribution < 1.29 is 4.79 Å². The van der Waals surface area contributed by atoms with E-state index in [9.17, 15) is 4.79 Å². The Morgan fingerprint density at radius 1 is 1.17 bits per heavy atom. The lowest BCUT2D eigenvalue weighted by Crippen LogP contribution is -2.11. The van der Waals surface area contributed by atoms with Gasteiger partial charge in [0.15, 0.2) is 0 Å². The number of hydrogen-bond donors (Lipinski definition) is 1. The molecule has 18 heavy (non-hydrogen) atoms. The summed E-state index contributed by atoms with van der Waals surface area (Å²) in [5.41, 5.74) is 2.08. The van der Waals surface area contributed by atoms with Crippen molar-refractivity contribution in [1.29, 1.82) is 0 Å². The molecular formula is C15H10BrNO. The number of carbonyl (C=O) groups excluding carboxylic acids is 1. The molecule has 0 radical (unpaired) electrons. The molecular weight excluding hydrogens is 290 g/mol. The van der Waals surface area contributed by atoms with Gasteiger partial charge in [-0.3, -0.25) is 4.79 Å². The number of terminal acetylenes is 1. The zero-order valence-corrected chi connectivity index (χ0v) is 11.1. The number of amides is 1. The van der Waals surface area contributed by atoms with Gasteiger partial charge in [0.2, 0.25) is 0 Å². The fourth-order valence-corrected chi connectivity index (χ4v) is 1.89. The van der Waals surface area contributed by atoms with Crippen LogP contribution in [-0.2, 0) is 0 Å². The Morgan fingerprint density at radius 2 is 1.89 bits per heavy atom. The molecule has 1 N–H and O–H groups in total. The highest BCUT2D eigenvalue weighted by Gasteiger charge is 2.05. The van der Waals surface area contributed by atoms with E-state index < -0.39 is 0 Å². The van der Waals surface area contributed by atoms with Gasteiger partial charge in [0.25, 0.3) is 5.91 Å². The minimum absolute atomic E-state index is 0.156. The largest absolute Gasteiger partial charge is 0.322 e. The quantitative estimate of drug-likeness (QED) is 0.842. The van der Waals surface area contributed by atoms with E-state index in [1.807, 2.05) is 24.3 Å². The van der Waals surface area contributed by atoms with Gasteiger partial charge in [0.05, 0.1) is 0 Å². The smallest absolute Gasteiger partial charge is 0.255 e. The first-order chi connectivity index (χ1) is 8.69. The van der Waals surface area contributed by atoms with E-state index in [4.69, 9.17) is 6.42 Å². The number of anilines is 1. The van der Waals surface area contributed by atoms with Crippen molar-refractivity contribution in [3.63, 3.8) is 0 Å². The standard InChI is InChI=1S/C15H10BrNO/c1-2-11-6-8-12(9-7-11)15(18)17-14-5-3-4-13(16)10-14/h1,3-10H,(H,17,18). The van der Waals surface area contributed by atoms with Crippen LogP contribution in [0.25, 0.3) is 0 Å². The topological polar surface area (TPSA) is 29.1 Å². The first-order valence-corrected chi connectivity index (χ1v) is 6.12. The number of benzene rings is 2. The molecule has 0 aliphatic carbocycles. The molecule has 0 atom stereocenters. The van der Waals surface area contributed by atoms with Gasteiger partial charge in [-0.15, -0.1) is 6.42 Å². The van der Waals surface area contributed by atoms with Gasteiger partial charge in [-0.05, 0) is 42.5 Å². The summed E-state index contributed by atoms with van der Waals surface area (Å²) in [5.74, 6) is 2.36. The van der Waals surface area contributed by atoms with Crippen molar-refractivity contribution in [2.75, 3.05) is 5.32 Å². The Labute approximate surface area is 114 Å². The molecule has 1 amide bonds. The summed E-state index contributed by atoms with van der Waals surface area (Å²) in [6.07, 6.45) is 5.26. The average molecular weight is 300 g/mol. The van der Waals surface area contributed by atoms with Gasteiger partial charge < -0.3 is 5.32 Å². The molecule has 0 fully saturated rings. The molecule has 0 unspecified atom stereocenters. The number of nitrogens with one attached hydrogen (secondary N) is 1. The summed E-state index contributed by atoms with van der Waals surface area (Å²) in [7, 11) is 0. The maximum atomic E-state index is 11.9. The molecule has 2 rings (SSSR count). The summed E-state index contributed by atoms with van der Waals surface area (Å²) in [6.45, 7) is 0. The second kappa shape index (κ2) is 5.52. The fraction of sp³-hybridized carbons (Fsp3) is 0. The zero-order valence-electron chi connectivity index (χ0n) is 9.48. The Balaban J connectivity index is 2.14. The van der Waals surface area contributed by atoms with Crippen LogP contribution in [0.5, 0.6) is 0 Å². The number of rotatable bonds is 2. The SMILES string of the molecule is C#Cc1ccc(C(=O)Nc2cccc(Br)c2)cc1. The molecule has 88 valence electrons. The number of hydrogen-bond acceptors (Lipinski definition) is 1. The zero-order chi connectivity index (χ0) is 13.0. The third-order valence-electron chi connectivity index (χ3n) is 2.40. The van der Waals surface area contributed by atoms with Gasteiger partial charge in [0.1, 0.15) is 0 Å². The van der Waals surface area contributed by atoms with Crippen LogP contribution in [0, 0.1) is 12.3 Å². The minimum Gasteiger partial charge on any atom is -0.322 e. The van der Waals surface area contributed by atoms with Crippen molar-refractivity contribution in [2.24, 2.45) is 0 Å². The Bertz CT molecular complexity index is 611. The second-order valence-electron chi connectivity index (χ2n) is 3.69. The van der Waals surface area contributed by atoms with Crippen molar-refractivity contribution in [1.82, 2.24) is 0 Å². The highest BCUT2D eigenvalue weighted by molar-refractivity contribution is 9.10. The lowest BCUT2D eigenvalue weighted by Gasteiger charge is -2.05. The maximum absolute atomic E-state index is 11.9. The molecule has 2 aromatic carbocycles. The molecule has 3 heteroatoms. The molecule has 0 spiro atoms. The van der Waals surface area contributed by atoms with Crippen LogP contribution in [0.15, 0.2) is 53.0 Å². The van der Waals surface area contributed by atoms with Gasteiger partial charge in [-0.2, -0.15) is 0 Å². The lowest BCUT2D eigenvalue weighted by atomic mass is 10.1. The Morgan fingerprint density at radius 3 is 2.50 bits per heavy atom. The number of halogens is 1. The minimum atomic E-state index is -0.156. The number of carbonyl (C=O) groups is 1. The summed E-state index contributed by atoms with van der Waals surface area (Å²) < 4.78 is 0.919. The van der Waals surface area contributed by atoms with E-state index in [1.165, 1.54) is 0 Å². The predicted molar refractivity (Wildman–Crippen MR) is 76.5 cm³/mol. The van der Waals surface area contributed by atoms with Gasteiger partial charge in [-0.1, -0.05) is 27.9 Å². The summed E-state index contributed by atoms with van der Waals surface area (Å²) in [6, 6.07) is 14.3. The Hall–Kier alpha value is -2.05. The van der Waals surface area contributed by atoms with Crippen molar-refractivity contribution >= 4 is 27.5 Å². The molecule has 0 aromatic heterocycles. The first-order valence-electron chi connectivity index (χ1n) is 5.32. The third-order valence-corrected chi connectivity index (χ3v) is 2.89. The molecule has 0 aliphatic heterocycles. The molecule has 0 heterocycles. The summed E-state index contributed by atoms with van der Waals surface area (Å²) >= 11 is 3.35. The molecule has 0 bridgehead atoms. The second-order valence-corrected chi connectivity index (χ2v) is 4.60. The highest BCUT2D eigenvalue weighted by Crippen LogP contribution is 2.16. The molecule has 2 aromatic rings. The fourth-order valence-electron chi connectivity index (χ4n) is 1.49. The summed E-state index contributed by atoms with van der Waals surface area (Å²) in [4.78, 5) is 11.9. The van der Waals surface area contributed by atoms with Crippen LogP contribution in [0.4, 0.5) is 5.69 Å². The van der Waals surface area contributed by atoms with E-state index in [1.54, 1.807) is 24.3 Å². The van der Waals surface area contributed by atoms with Crippen LogP contribution in [0.3, 0.4) is 0 Å². The maximum Gasteiger partial charge on any atom is 0.255 e. The third kappa shape index (κ3) is 2.99. The van der Waals surface area contributed by atoms with Crippen molar-refractivity contribution in [3.05, 3.63) is 64.1 Å². The van der Waals surface area contributed by atoms with Gasteiger partial charge >= 0.3 is 0 Å². The molecule has 0 aliphatic rings. The van der Waals surface area contributed by atoms with E-state index in [-0.39, 0.29) is 5.91 Å². The van der Waals surface area contributed by atoms with E-state index in [2.05, 4.69) is 27.2 Å². The van der Waals surface area contributed by atoms with Gasteiger partial charge in [-0.25, -0.2) is 0 Å². The first kappa shape index (κ1) is 12.4. The van der Waals surface area contributed by atoms with E-state index in [0.717, 1.165) is 15.7 Å². The van der Waals surface area contributed by atoms with Crippen LogP contribution < -0.4 is 5.32 Å². The predicted octanol–water partition coefficient (Wildman–Crippen LogP) is 3.68. The van der Waals surface area contributed by atoms with E-state index >= 15 is 0 Å². The van der Waals surface area contributed by atoms with Crippen LogP contribution >= 0.6 is 15.9 Å². The van der Waals surface area contributed by atoms with Gasteiger partial charge in [0, 0.05) is 21.3 Å². The monoisotopic (exact) mass is 299 g/mol. The molecule has 2 nitrogen and oxygen atoms in total. The Kier molecular flexibility index (Phi) is 3.81. The molecule has 0 saturated carbocycles. The average Bonchev–Trinajstić information content (AvgIpc) is 2.39. The highest BCUT2D eigenvalue weighted by atomic mass is 79.9. The summed E-state index contributed by atoms with van der Waals surface area (Å²) in [5, 5.41) is 2.82. The van der Waals surface area contributed by atoms with Crippen LogP contribution in [0.2, 0.25) is 0 Å². The van der Waals surface area contributed by atoms with Crippen molar-refractivity contribution in [3.8, 4) is 12.3 Å².